The zero-order valence-corrected chi connectivity index (χ0v) is 24.3. The summed E-state index contributed by atoms with van der Waals surface area (Å²) in [7, 11) is -3.96. The molecule has 15 heteroatoms. The van der Waals surface area contributed by atoms with Crippen LogP contribution in [-0.2, 0) is 16.4 Å². The molecule has 1 atom stereocenters. The van der Waals surface area contributed by atoms with E-state index in [0.717, 1.165) is 11.1 Å². The summed E-state index contributed by atoms with van der Waals surface area (Å²) in [6, 6.07) is 15.3. The Hall–Kier alpha value is -3.82. The summed E-state index contributed by atoms with van der Waals surface area (Å²) in [5, 5.41) is 13.4. The van der Waals surface area contributed by atoms with E-state index in [1.807, 2.05) is 0 Å². The van der Waals surface area contributed by atoms with Crippen LogP contribution in [0.5, 0.6) is 0 Å². The van der Waals surface area contributed by atoms with E-state index in [1.54, 1.807) is 48.8 Å². The lowest BCUT2D eigenvalue weighted by atomic mass is 10.1. The molecule has 2 amide bonds. The molecule has 2 aromatic carbocycles. The fraction of sp³-hybridized carbons (Fsp3) is 0.379. The van der Waals surface area contributed by atoms with Gasteiger partial charge in [0.25, 0.3) is 10.0 Å². The molecule has 0 radical (unpaired) electrons. The Morgan fingerprint density at radius 2 is 1.68 bits per heavy atom. The molecule has 0 aliphatic carbocycles. The van der Waals surface area contributed by atoms with Crippen molar-refractivity contribution in [2.45, 2.75) is 42.4 Å². The van der Waals surface area contributed by atoms with Gasteiger partial charge in [0.15, 0.2) is 0 Å². The van der Waals surface area contributed by atoms with Crippen LogP contribution in [0.3, 0.4) is 0 Å². The zero-order chi connectivity index (χ0) is 32.0. The first-order chi connectivity index (χ1) is 20.8. The van der Waals surface area contributed by atoms with E-state index in [1.165, 1.54) is 34.1 Å². The van der Waals surface area contributed by atoms with Gasteiger partial charge >= 0.3 is 18.1 Å². The monoisotopic (exact) mass is 641 g/mol. The predicted octanol–water partition coefficient (Wildman–Crippen LogP) is 4.97. The number of nitrogens with zero attached hydrogens (tertiary/aromatic N) is 3. The van der Waals surface area contributed by atoms with Crippen molar-refractivity contribution in [3.8, 4) is 0 Å². The number of anilines is 2. The number of carbonyl (C=O) groups is 1. The lowest BCUT2D eigenvalue weighted by Crippen LogP contribution is -2.38. The van der Waals surface area contributed by atoms with Crippen molar-refractivity contribution >= 4 is 27.4 Å². The molecule has 0 unspecified atom stereocenters. The van der Waals surface area contributed by atoms with Gasteiger partial charge in [-0.25, -0.2) is 13.2 Å². The summed E-state index contributed by atoms with van der Waals surface area (Å²) in [4.78, 5) is 19.1. The molecule has 2 heterocycles. The van der Waals surface area contributed by atoms with Crippen molar-refractivity contribution in [3.63, 3.8) is 0 Å². The minimum Gasteiger partial charge on any atom is -0.387 e. The highest BCUT2D eigenvalue weighted by molar-refractivity contribution is 7.92. The van der Waals surface area contributed by atoms with Crippen LogP contribution in [-0.4, -0.2) is 74.3 Å². The van der Waals surface area contributed by atoms with E-state index in [2.05, 4.69) is 15.0 Å². The van der Waals surface area contributed by atoms with Gasteiger partial charge in [0.2, 0.25) is 0 Å². The fourth-order valence-electron chi connectivity index (χ4n) is 4.58. The number of aliphatic hydroxyl groups excluding tert-OH is 1. The normalized spacial score (nSPS) is 15.1. The third kappa shape index (κ3) is 8.42. The van der Waals surface area contributed by atoms with Gasteiger partial charge in [0, 0.05) is 61.9 Å². The largest absolute Gasteiger partial charge is 0.453 e. The number of aromatic nitrogens is 1. The molecule has 0 saturated carbocycles. The second-order valence-electron chi connectivity index (χ2n) is 10.3. The highest BCUT2D eigenvalue weighted by Gasteiger charge is 2.56. The maximum Gasteiger partial charge on any atom is 0.453 e. The second-order valence-corrected chi connectivity index (χ2v) is 12.0. The first kappa shape index (κ1) is 33.1. The number of urea groups is 1. The number of rotatable bonds is 14. The number of amides is 2. The number of nitrogens with one attached hydrogen (secondary N) is 2. The van der Waals surface area contributed by atoms with Crippen LogP contribution in [0, 0.1) is 0 Å². The molecular formula is C29H32F5N5O4S. The van der Waals surface area contributed by atoms with Gasteiger partial charge in [-0.3, -0.25) is 14.6 Å². The Morgan fingerprint density at radius 1 is 0.977 bits per heavy atom. The number of halogens is 5. The quantitative estimate of drug-likeness (QED) is 0.169. The molecule has 1 saturated heterocycles. The average Bonchev–Trinajstić information content (AvgIpc) is 3.35. The number of carbonyl (C=O) groups excluding carboxylic acids is 1. The highest BCUT2D eigenvalue weighted by Crippen LogP contribution is 2.39. The van der Waals surface area contributed by atoms with E-state index >= 15 is 0 Å². The van der Waals surface area contributed by atoms with Gasteiger partial charge < -0.3 is 15.3 Å². The number of aliphatic hydroxyl groups is 1. The van der Waals surface area contributed by atoms with E-state index in [-0.39, 0.29) is 24.5 Å². The van der Waals surface area contributed by atoms with E-state index in [0.29, 0.717) is 30.9 Å². The van der Waals surface area contributed by atoms with Gasteiger partial charge in [-0.05, 0) is 67.4 Å². The molecule has 1 aliphatic rings. The van der Waals surface area contributed by atoms with Crippen molar-refractivity contribution < 1.29 is 40.3 Å². The van der Waals surface area contributed by atoms with Crippen molar-refractivity contribution in [3.05, 3.63) is 84.2 Å². The van der Waals surface area contributed by atoms with Gasteiger partial charge in [0.05, 0.1) is 11.0 Å². The summed E-state index contributed by atoms with van der Waals surface area (Å²) < 4.78 is 91.7. The fourth-order valence-corrected chi connectivity index (χ4v) is 5.64. The van der Waals surface area contributed by atoms with Crippen LogP contribution in [0.25, 0.3) is 0 Å². The minimum absolute atomic E-state index is 0.0559. The Bertz CT molecular complexity index is 1490. The third-order valence-corrected chi connectivity index (χ3v) is 8.49. The van der Waals surface area contributed by atoms with Crippen LogP contribution < -0.4 is 14.9 Å². The van der Waals surface area contributed by atoms with E-state index in [4.69, 9.17) is 0 Å². The van der Waals surface area contributed by atoms with Crippen LogP contribution in [0.2, 0.25) is 0 Å². The Kier molecular flexibility index (Phi) is 10.4. The molecule has 44 heavy (non-hydrogen) atoms. The lowest BCUT2D eigenvalue weighted by molar-refractivity contribution is -0.284. The summed E-state index contributed by atoms with van der Waals surface area (Å²) in [6.45, 7) is 1.00. The zero-order valence-electron chi connectivity index (χ0n) is 23.5. The first-order valence-corrected chi connectivity index (χ1v) is 15.3. The SMILES string of the molecule is O=C1N(CCCC(F)(F)C(F)(F)F)CCN1c1ccc(S(=O)(=O)Nc2ccc(CCNC[C@H](O)c3cccnc3)cc2)cc1. The second kappa shape index (κ2) is 13.9. The molecule has 1 aromatic heterocycles. The molecule has 0 bridgehead atoms. The summed E-state index contributed by atoms with van der Waals surface area (Å²) in [5.74, 6) is -4.82. The predicted molar refractivity (Wildman–Crippen MR) is 154 cm³/mol. The van der Waals surface area contributed by atoms with Gasteiger partial charge in [-0.15, -0.1) is 0 Å². The molecule has 0 spiro atoms. The Morgan fingerprint density at radius 3 is 2.32 bits per heavy atom. The van der Waals surface area contributed by atoms with Crippen LogP contribution in [0.15, 0.2) is 78.0 Å². The van der Waals surface area contributed by atoms with E-state index in [9.17, 15) is 40.3 Å². The highest BCUT2D eigenvalue weighted by atomic mass is 32.2. The smallest absolute Gasteiger partial charge is 0.387 e. The minimum atomic E-state index is -5.64. The lowest BCUT2D eigenvalue weighted by Gasteiger charge is -2.22. The maximum atomic E-state index is 13.2. The molecule has 1 fully saturated rings. The molecular weight excluding hydrogens is 609 g/mol. The Balaban J connectivity index is 1.25. The number of pyridine rings is 1. The third-order valence-electron chi connectivity index (χ3n) is 7.09. The first-order valence-electron chi connectivity index (χ1n) is 13.8. The van der Waals surface area contributed by atoms with E-state index < -0.39 is 47.1 Å². The van der Waals surface area contributed by atoms with Gasteiger partial charge in [-0.2, -0.15) is 22.0 Å². The standard InChI is InChI=1S/C29H32F5N5O4S/c30-28(31,29(32,33)34)13-2-16-38-17-18-39(27(38)41)24-8-10-25(11-9-24)44(42,43)37-23-6-4-21(5-7-23)12-15-36-20-26(40)22-3-1-14-35-19-22/h1,3-11,14,19,26,36-37,40H,2,12-13,15-18,20H2/t26-/m0/s1. The van der Waals surface area contributed by atoms with Crippen molar-refractivity contribution in [2.75, 3.05) is 42.3 Å². The Labute approximate surface area is 251 Å². The number of benzene rings is 2. The van der Waals surface area contributed by atoms with Crippen LogP contribution in [0.1, 0.15) is 30.1 Å². The molecule has 9 nitrogen and oxygen atoms in total. The van der Waals surface area contributed by atoms with Gasteiger partial charge in [0.1, 0.15) is 0 Å². The summed E-state index contributed by atoms with van der Waals surface area (Å²) >= 11 is 0. The number of alkyl halides is 5. The van der Waals surface area contributed by atoms with Crippen molar-refractivity contribution in [1.82, 2.24) is 15.2 Å². The van der Waals surface area contributed by atoms with Crippen molar-refractivity contribution in [1.29, 1.82) is 0 Å². The van der Waals surface area contributed by atoms with Gasteiger partial charge in [-0.1, -0.05) is 18.2 Å². The molecule has 4 rings (SSSR count). The number of hydrogen-bond donors (Lipinski definition) is 3. The summed E-state index contributed by atoms with van der Waals surface area (Å²) in [5.41, 5.74) is 2.39. The van der Waals surface area contributed by atoms with Crippen LogP contribution >= 0.6 is 0 Å². The molecule has 3 aromatic rings. The van der Waals surface area contributed by atoms with Crippen molar-refractivity contribution in [2.24, 2.45) is 0 Å². The number of sulfonamides is 1. The summed E-state index contributed by atoms with van der Waals surface area (Å²) in [6.07, 6.45) is -4.37. The molecule has 238 valence electrons. The topological polar surface area (TPSA) is 115 Å². The average molecular weight is 642 g/mol. The maximum absolute atomic E-state index is 13.2. The van der Waals surface area contributed by atoms with Crippen LogP contribution in [0.4, 0.5) is 38.1 Å². The molecule has 1 aliphatic heterocycles. The number of hydrogen-bond acceptors (Lipinski definition) is 6. The molecule has 3 N–H and O–H groups in total.